The van der Waals surface area contributed by atoms with Crippen molar-refractivity contribution in [3.63, 3.8) is 0 Å². The lowest BCUT2D eigenvalue weighted by molar-refractivity contribution is -0.128. The minimum atomic E-state index is -0.282. The molecule has 1 aliphatic heterocycles. The van der Waals surface area contributed by atoms with E-state index < -0.39 is 0 Å². The van der Waals surface area contributed by atoms with E-state index in [2.05, 4.69) is 33.0 Å². The zero-order valence-corrected chi connectivity index (χ0v) is 15.0. The highest BCUT2D eigenvalue weighted by Crippen LogP contribution is 2.18. The Hall–Kier alpha value is -3.22. The van der Waals surface area contributed by atoms with Crippen LogP contribution in [-0.2, 0) is 11.2 Å². The second-order valence-corrected chi connectivity index (χ2v) is 6.65. The van der Waals surface area contributed by atoms with Crippen molar-refractivity contribution < 1.29 is 4.79 Å². The topological polar surface area (TPSA) is 75.9 Å². The van der Waals surface area contributed by atoms with Gasteiger partial charge in [-0.05, 0) is 47.4 Å². The highest BCUT2D eigenvalue weighted by Gasteiger charge is 2.32. The van der Waals surface area contributed by atoms with Gasteiger partial charge in [0.15, 0.2) is 0 Å². The molecule has 0 aliphatic carbocycles. The molecular formula is C20H22N6O. The fourth-order valence-corrected chi connectivity index (χ4v) is 3.39. The van der Waals surface area contributed by atoms with Crippen molar-refractivity contribution in [2.75, 3.05) is 18.4 Å². The highest BCUT2D eigenvalue weighted by atomic mass is 16.2. The van der Waals surface area contributed by atoms with Gasteiger partial charge in [-0.15, -0.1) is 0 Å². The van der Waals surface area contributed by atoms with Gasteiger partial charge in [0.1, 0.15) is 6.04 Å². The van der Waals surface area contributed by atoms with E-state index in [1.807, 2.05) is 53.4 Å². The summed E-state index contributed by atoms with van der Waals surface area (Å²) in [5, 5.41) is 15.0. The van der Waals surface area contributed by atoms with Crippen molar-refractivity contribution in [1.82, 2.24) is 25.1 Å². The van der Waals surface area contributed by atoms with Gasteiger partial charge >= 0.3 is 0 Å². The van der Waals surface area contributed by atoms with Crippen LogP contribution in [0.2, 0.25) is 0 Å². The smallest absolute Gasteiger partial charge is 0.248 e. The van der Waals surface area contributed by atoms with E-state index in [0.717, 1.165) is 38.0 Å². The first kappa shape index (κ1) is 17.2. The number of benzene rings is 2. The van der Waals surface area contributed by atoms with Gasteiger partial charge in [0, 0.05) is 13.1 Å². The van der Waals surface area contributed by atoms with Crippen molar-refractivity contribution in [2.45, 2.75) is 25.3 Å². The van der Waals surface area contributed by atoms with Gasteiger partial charge in [-0.25, -0.2) is 0 Å². The summed E-state index contributed by atoms with van der Waals surface area (Å²) < 4.78 is 1.62. The molecule has 1 atom stereocenters. The maximum atomic E-state index is 12.7. The summed E-state index contributed by atoms with van der Waals surface area (Å²) >= 11 is 0. The molecule has 4 rings (SSSR count). The fraction of sp³-hybridized carbons (Fsp3) is 0.300. The number of likely N-dealkylation sites (tertiary alicyclic amines) is 1. The lowest BCUT2D eigenvalue weighted by Gasteiger charge is -2.17. The molecular weight excluding hydrogens is 340 g/mol. The van der Waals surface area contributed by atoms with Crippen molar-refractivity contribution >= 4 is 11.9 Å². The molecule has 0 saturated carbocycles. The number of nitrogens with one attached hydrogen (secondary N) is 1. The minimum absolute atomic E-state index is 0.116. The van der Waals surface area contributed by atoms with Crippen LogP contribution in [0.25, 0.3) is 5.69 Å². The largest absolute Gasteiger partial charge is 0.341 e. The maximum absolute atomic E-state index is 12.7. The molecule has 1 saturated heterocycles. The quantitative estimate of drug-likeness (QED) is 0.698. The van der Waals surface area contributed by atoms with Gasteiger partial charge in [-0.3, -0.25) is 4.79 Å². The molecule has 138 valence electrons. The monoisotopic (exact) mass is 362 g/mol. The molecule has 0 bridgehead atoms. The van der Waals surface area contributed by atoms with Crippen molar-refractivity contribution in [2.24, 2.45) is 0 Å². The van der Waals surface area contributed by atoms with Crippen LogP contribution >= 0.6 is 0 Å². The number of para-hydroxylation sites is 1. The first-order chi connectivity index (χ1) is 13.3. The molecule has 7 nitrogen and oxygen atoms in total. The summed E-state index contributed by atoms with van der Waals surface area (Å²) in [4.78, 5) is 14.6. The van der Waals surface area contributed by atoms with Crippen molar-refractivity contribution in [3.8, 4) is 5.69 Å². The van der Waals surface area contributed by atoms with Crippen LogP contribution in [-0.4, -0.2) is 50.1 Å². The van der Waals surface area contributed by atoms with E-state index in [4.69, 9.17) is 0 Å². The van der Waals surface area contributed by atoms with E-state index in [-0.39, 0.29) is 11.9 Å². The normalized spacial score (nSPS) is 16.7. The number of aryl methyl sites for hydroxylation is 1. The van der Waals surface area contributed by atoms with E-state index in [1.165, 1.54) is 5.56 Å². The first-order valence-corrected chi connectivity index (χ1v) is 9.24. The highest BCUT2D eigenvalue weighted by molar-refractivity contribution is 5.86. The zero-order valence-electron chi connectivity index (χ0n) is 15.0. The molecule has 2 aromatic carbocycles. The maximum Gasteiger partial charge on any atom is 0.248 e. The number of tetrazole rings is 1. The summed E-state index contributed by atoms with van der Waals surface area (Å²) in [6, 6.07) is 19.7. The first-order valence-electron chi connectivity index (χ1n) is 9.24. The van der Waals surface area contributed by atoms with Crippen LogP contribution in [0.1, 0.15) is 18.4 Å². The molecule has 1 N–H and O–H groups in total. The molecule has 1 aromatic heterocycles. The molecule has 1 fully saturated rings. The Morgan fingerprint density at radius 3 is 2.56 bits per heavy atom. The Balaban J connectivity index is 1.34. The minimum Gasteiger partial charge on any atom is -0.341 e. The number of nitrogens with zero attached hydrogens (tertiary/aromatic N) is 5. The Labute approximate surface area is 158 Å². The average Bonchev–Trinajstić information content (AvgIpc) is 3.32. The molecule has 1 unspecified atom stereocenters. The second-order valence-electron chi connectivity index (χ2n) is 6.65. The van der Waals surface area contributed by atoms with Gasteiger partial charge in [0.05, 0.1) is 5.69 Å². The summed E-state index contributed by atoms with van der Waals surface area (Å²) in [5.41, 5.74) is 2.16. The summed E-state index contributed by atoms with van der Waals surface area (Å²) in [6.45, 7) is 1.54. The van der Waals surface area contributed by atoms with E-state index in [1.54, 1.807) is 4.68 Å². The van der Waals surface area contributed by atoms with Crippen molar-refractivity contribution in [3.05, 3.63) is 66.2 Å². The van der Waals surface area contributed by atoms with E-state index in [9.17, 15) is 4.79 Å². The Kier molecular flexibility index (Phi) is 5.09. The molecule has 27 heavy (non-hydrogen) atoms. The van der Waals surface area contributed by atoms with Gasteiger partial charge < -0.3 is 10.2 Å². The number of anilines is 1. The molecule has 0 spiro atoms. The van der Waals surface area contributed by atoms with Crippen LogP contribution in [0.15, 0.2) is 60.7 Å². The molecule has 3 aromatic rings. The number of hydrogen-bond acceptors (Lipinski definition) is 5. The summed E-state index contributed by atoms with van der Waals surface area (Å²) in [5.74, 6) is 0.608. The number of aromatic nitrogens is 4. The number of carbonyl (C=O) groups is 1. The SMILES string of the molecule is O=C1C(Nc2nnnn2-c2ccccc2)CCN1CCCc1ccccc1. The van der Waals surface area contributed by atoms with Gasteiger partial charge in [-0.1, -0.05) is 53.6 Å². The van der Waals surface area contributed by atoms with Crippen LogP contribution in [0, 0.1) is 0 Å². The van der Waals surface area contributed by atoms with E-state index >= 15 is 0 Å². The van der Waals surface area contributed by atoms with Crippen LogP contribution in [0.4, 0.5) is 5.95 Å². The van der Waals surface area contributed by atoms with Crippen LogP contribution < -0.4 is 5.32 Å². The summed E-state index contributed by atoms with van der Waals surface area (Å²) in [6.07, 6.45) is 2.70. The van der Waals surface area contributed by atoms with Gasteiger partial charge in [0.2, 0.25) is 11.9 Å². The van der Waals surface area contributed by atoms with Crippen LogP contribution in [0.5, 0.6) is 0 Å². The number of carbonyl (C=O) groups excluding carboxylic acids is 1. The van der Waals surface area contributed by atoms with Gasteiger partial charge in [0.25, 0.3) is 0 Å². The molecule has 0 radical (unpaired) electrons. The second kappa shape index (κ2) is 7.99. The third kappa shape index (κ3) is 3.97. The molecule has 7 heteroatoms. The third-order valence-corrected chi connectivity index (χ3v) is 4.81. The predicted molar refractivity (Wildman–Crippen MR) is 103 cm³/mol. The Bertz CT molecular complexity index is 880. The van der Waals surface area contributed by atoms with Crippen molar-refractivity contribution in [1.29, 1.82) is 0 Å². The fourth-order valence-electron chi connectivity index (χ4n) is 3.39. The van der Waals surface area contributed by atoms with Gasteiger partial charge in [-0.2, -0.15) is 4.68 Å². The molecule has 1 aliphatic rings. The number of amides is 1. The standard InChI is InChI=1S/C20H22N6O/c27-19-18(13-15-25(19)14-7-10-16-8-3-1-4-9-16)21-20-22-23-24-26(20)17-11-5-2-6-12-17/h1-6,8-9,11-12,18H,7,10,13-15H2,(H,21,22,24). The third-order valence-electron chi connectivity index (χ3n) is 4.81. The number of hydrogen-bond donors (Lipinski definition) is 1. The Morgan fingerprint density at radius 1 is 1.04 bits per heavy atom. The lowest BCUT2D eigenvalue weighted by Crippen LogP contribution is -2.34. The number of rotatable bonds is 7. The Morgan fingerprint density at radius 2 is 1.78 bits per heavy atom. The average molecular weight is 362 g/mol. The summed E-state index contributed by atoms with van der Waals surface area (Å²) in [7, 11) is 0. The zero-order chi connectivity index (χ0) is 18.5. The molecule has 2 heterocycles. The lowest BCUT2D eigenvalue weighted by atomic mass is 10.1. The predicted octanol–water partition coefficient (Wildman–Crippen LogP) is 2.31. The molecule has 1 amide bonds. The van der Waals surface area contributed by atoms with E-state index in [0.29, 0.717) is 5.95 Å². The van der Waals surface area contributed by atoms with Crippen LogP contribution in [0.3, 0.4) is 0 Å².